The fourth-order valence-corrected chi connectivity index (χ4v) is 15.1. The molecule has 0 spiro atoms. The maximum absolute atomic E-state index is 13.2. The normalized spacial score (nSPS) is 14.3. The number of phosphoric acid groups is 2. The fourth-order valence-electron chi connectivity index (χ4n) is 13.5. The van der Waals surface area contributed by atoms with Crippen molar-refractivity contribution in [2.24, 2.45) is 11.8 Å². The molecular formula is C87H170O17P2. The lowest BCUT2D eigenvalue weighted by molar-refractivity contribution is -0.161. The zero-order valence-electron chi connectivity index (χ0n) is 69.7. The zero-order valence-corrected chi connectivity index (χ0v) is 71.5. The molecule has 0 rings (SSSR count). The Morgan fingerprint density at radius 2 is 0.453 bits per heavy atom. The largest absolute Gasteiger partial charge is 0.472 e. The Morgan fingerprint density at radius 3 is 0.670 bits per heavy atom. The lowest BCUT2D eigenvalue weighted by atomic mass is 9.99. The summed E-state index contributed by atoms with van der Waals surface area (Å²) >= 11 is 0. The Labute approximate surface area is 651 Å². The van der Waals surface area contributed by atoms with E-state index in [9.17, 15) is 43.2 Å². The van der Waals surface area contributed by atoms with Crippen molar-refractivity contribution < 1.29 is 80.2 Å². The average Bonchev–Trinajstić information content (AvgIpc) is 0.902. The van der Waals surface area contributed by atoms with Crippen LogP contribution >= 0.6 is 15.6 Å². The molecular weight excluding hydrogens is 1380 g/mol. The summed E-state index contributed by atoms with van der Waals surface area (Å²) in [6, 6.07) is 0. The maximum Gasteiger partial charge on any atom is 0.472 e. The summed E-state index contributed by atoms with van der Waals surface area (Å²) in [5.41, 5.74) is 0. The predicted molar refractivity (Wildman–Crippen MR) is 437 cm³/mol. The van der Waals surface area contributed by atoms with E-state index in [-0.39, 0.29) is 25.7 Å². The van der Waals surface area contributed by atoms with Gasteiger partial charge in [0, 0.05) is 25.7 Å². The molecule has 7 atom stereocenters. The molecule has 0 saturated heterocycles. The minimum Gasteiger partial charge on any atom is -0.462 e. The third-order valence-corrected chi connectivity index (χ3v) is 23.1. The molecule has 0 aliphatic carbocycles. The number of esters is 4. The summed E-state index contributed by atoms with van der Waals surface area (Å²) < 4.78 is 68.9. The van der Waals surface area contributed by atoms with Gasteiger partial charge < -0.3 is 33.8 Å². The van der Waals surface area contributed by atoms with Crippen LogP contribution in [0.4, 0.5) is 0 Å². The van der Waals surface area contributed by atoms with Crippen molar-refractivity contribution in [2.45, 2.75) is 484 Å². The van der Waals surface area contributed by atoms with Gasteiger partial charge in [-0.2, -0.15) is 0 Å². The van der Waals surface area contributed by atoms with Crippen LogP contribution < -0.4 is 0 Å². The van der Waals surface area contributed by atoms with E-state index in [1.54, 1.807) is 0 Å². The van der Waals surface area contributed by atoms with Crippen LogP contribution in [0.25, 0.3) is 0 Å². The van der Waals surface area contributed by atoms with Gasteiger partial charge in [0.1, 0.15) is 19.3 Å². The van der Waals surface area contributed by atoms with E-state index < -0.39 is 97.5 Å². The Kier molecular flexibility index (Phi) is 76.9. The van der Waals surface area contributed by atoms with Crippen LogP contribution in [0.1, 0.15) is 465 Å². The van der Waals surface area contributed by atoms with Crippen molar-refractivity contribution in [1.29, 1.82) is 0 Å². The van der Waals surface area contributed by atoms with Gasteiger partial charge in [-0.05, 0) is 37.5 Å². The summed E-state index contributed by atoms with van der Waals surface area (Å²) in [7, 11) is -9.93. The number of aliphatic hydroxyl groups is 1. The number of aliphatic hydroxyl groups excluding tert-OH is 1. The third-order valence-electron chi connectivity index (χ3n) is 21.2. The van der Waals surface area contributed by atoms with Gasteiger partial charge in [-0.1, -0.05) is 414 Å². The van der Waals surface area contributed by atoms with E-state index in [1.807, 2.05) is 0 Å². The highest BCUT2D eigenvalue weighted by molar-refractivity contribution is 7.47. The highest BCUT2D eigenvalue weighted by Crippen LogP contribution is 2.45. The molecule has 0 aromatic rings. The molecule has 17 nitrogen and oxygen atoms in total. The van der Waals surface area contributed by atoms with Crippen molar-refractivity contribution in [3.63, 3.8) is 0 Å². The number of phosphoric ester groups is 2. The summed E-state index contributed by atoms with van der Waals surface area (Å²) in [5, 5.41) is 10.7. The molecule has 4 unspecified atom stereocenters. The molecule has 0 aromatic carbocycles. The highest BCUT2D eigenvalue weighted by atomic mass is 31.2. The van der Waals surface area contributed by atoms with E-state index >= 15 is 0 Å². The smallest absolute Gasteiger partial charge is 0.462 e. The maximum atomic E-state index is 13.2. The molecule has 0 bridgehead atoms. The SMILES string of the molecule is CCCCCCCCCCCCCCCCCCCCCCCCC(=O)O[C@H](COC(=O)CCCCCCCCCCCCCCCCC(C)CC)COP(=O)(O)OC[C@@H](O)COP(=O)(O)OC[C@@H](COC(=O)CCCCCCCCCCC(C)CC)OC(=O)CCCCCCCCCCCCCCCC. The highest BCUT2D eigenvalue weighted by Gasteiger charge is 2.30. The summed E-state index contributed by atoms with van der Waals surface area (Å²) in [5.74, 6) is -0.473. The molecule has 0 aliphatic heterocycles. The molecule has 0 aliphatic rings. The Hall–Kier alpha value is -1.94. The van der Waals surface area contributed by atoms with Gasteiger partial charge in [-0.15, -0.1) is 0 Å². The lowest BCUT2D eigenvalue weighted by Gasteiger charge is -2.21. The minimum atomic E-state index is -4.97. The van der Waals surface area contributed by atoms with Crippen molar-refractivity contribution in [1.82, 2.24) is 0 Å². The number of rotatable bonds is 86. The van der Waals surface area contributed by atoms with E-state index in [4.69, 9.17) is 37.0 Å². The van der Waals surface area contributed by atoms with Gasteiger partial charge >= 0.3 is 39.5 Å². The molecule has 0 amide bonds. The number of ether oxygens (including phenoxy) is 4. The molecule has 0 radical (unpaired) electrons. The van der Waals surface area contributed by atoms with E-state index in [1.165, 1.54) is 283 Å². The van der Waals surface area contributed by atoms with Crippen LogP contribution in [0.2, 0.25) is 0 Å². The standard InChI is InChI=1S/C87H170O17P2/c1-7-11-13-15-17-19-21-23-25-26-27-28-29-30-31-32-38-42-46-54-60-66-72-87(92)103-82(75-97-84(89)69-63-57-51-44-40-37-34-33-35-39-43-49-55-61-67-79(5)9-3)77-101-105(93,94)99-73-81(88)74-100-106(95,96)102-78-83(76-98-85(90)70-64-58-52-48-47-50-56-62-68-80(6)10-4)104-86(91)71-65-59-53-45-41-36-24-22-20-18-16-14-12-8-2/h79-83,88H,7-78H2,1-6H3,(H,93,94)(H,95,96)/t79?,80?,81-,82-,83-/m1/s1. The molecule has 630 valence electrons. The molecule has 0 aromatic heterocycles. The second-order valence-electron chi connectivity index (χ2n) is 31.8. The number of hydrogen-bond acceptors (Lipinski definition) is 15. The average molecular weight is 1550 g/mol. The Balaban J connectivity index is 5.24. The van der Waals surface area contributed by atoms with Crippen LogP contribution in [-0.2, 0) is 65.4 Å². The topological polar surface area (TPSA) is 237 Å². The van der Waals surface area contributed by atoms with E-state index in [2.05, 4.69) is 41.5 Å². The van der Waals surface area contributed by atoms with Gasteiger partial charge in [0.2, 0.25) is 0 Å². The molecule has 3 N–H and O–H groups in total. The number of hydrogen-bond donors (Lipinski definition) is 3. The zero-order chi connectivity index (χ0) is 77.8. The Bertz CT molecular complexity index is 2030. The molecule has 0 saturated carbocycles. The minimum absolute atomic E-state index is 0.108. The van der Waals surface area contributed by atoms with E-state index in [0.717, 1.165) is 102 Å². The first-order valence-electron chi connectivity index (χ1n) is 45.1. The molecule has 19 heteroatoms. The first-order chi connectivity index (χ1) is 51.4. The summed E-state index contributed by atoms with van der Waals surface area (Å²) in [4.78, 5) is 73.3. The molecule has 106 heavy (non-hydrogen) atoms. The van der Waals surface area contributed by atoms with Crippen LogP contribution in [0.3, 0.4) is 0 Å². The number of carbonyl (C=O) groups excluding carboxylic acids is 4. The second-order valence-corrected chi connectivity index (χ2v) is 34.7. The lowest BCUT2D eigenvalue weighted by Crippen LogP contribution is -2.30. The van der Waals surface area contributed by atoms with Crippen LogP contribution in [-0.4, -0.2) is 96.7 Å². The van der Waals surface area contributed by atoms with E-state index in [0.29, 0.717) is 25.7 Å². The molecule has 0 fully saturated rings. The van der Waals surface area contributed by atoms with Crippen molar-refractivity contribution in [2.75, 3.05) is 39.6 Å². The fraction of sp³-hybridized carbons (Fsp3) is 0.954. The van der Waals surface area contributed by atoms with Gasteiger partial charge in [0.15, 0.2) is 12.2 Å². The second kappa shape index (κ2) is 78.3. The third kappa shape index (κ3) is 77.4. The summed E-state index contributed by atoms with van der Waals surface area (Å²) in [6.45, 7) is 9.73. The first kappa shape index (κ1) is 104. The van der Waals surface area contributed by atoms with Gasteiger partial charge in [-0.25, -0.2) is 9.13 Å². The van der Waals surface area contributed by atoms with Crippen molar-refractivity contribution in [3.8, 4) is 0 Å². The van der Waals surface area contributed by atoms with Gasteiger partial charge in [0.25, 0.3) is 0 Å². The monoisotopic (exact) mass is 1550 g/mol. The summed E-state index contributed by atoms with van der Waals surface area (Å²) in [6.07, 6.45) is 70.7. The number of unbranched alkanes of at least 4 members (excludes halogenated alkanes) is 54. The van der Waals surface area contributed by atoms with Gasteiger partial charge in [-0.3, -0.25) is 37.3 Å². The van der Waals surface area contributed by atoms with Crippen LogP contribution in [0.15, 0.2) is 0 Å². The first-order valence-corrected chi connectivity index (χ1v) is 48.1. The van der Waals surface area contributed by atoms with Crippen LogP contribution in [0.5, 0.6) is 0 Å². The molecule has 0 heterocycles. The van der Waals surface area contributed by atoms with Crippen molar-refractivity contribution in [3.05, 3.63) is 0 Å². The quantitative estimate of drug-likeness (QED) is 0.0222. The van der Waals surface area contributed by atoms with Gasteiger partial charge in [0.05, 0.1) is 26.4 Å². The number of carbonyl (C=O) groups is 4. The van der Waals surface area contributed by atoms with Crippen LogP contribution in [0, 0.1) is 11.8 Å². The Morgan fingerprint density at radius 1 is 0.264 bits per heavy atom. The van der Waals surface area contributed by atoms with Crippen molar-refractivity contribution >= 4 is 39.5 Å². The predicted octanol–water partition coefficient (Wildman–Crippen LogP) is 26.6.